The van der Waals surface area contributed by atoms with Crippen LogP contribution in [0.2, 0.25) is 5.02 Å². The maximum absolute atomic E-state index is 5.93. The van der Waals surface area contributed by atoms with Crippen molar-refractivity contribution in [3.8, 4) is 0 Å². The van der Waals surface area contributed by atoms with Crippen LogP contribution in [0.3, 0.4) is 0 Å². The summed E-state index contributed by atoms with van der Waals surface area (Å²) < 4.78 is 0. The predicted molar refractivity (Wildman–Crippen MR) is 105 cm³/mol. The lowest BCUT2D eigenvalue weighted by Gasteiger charge is -2.23. The van der Waals surface area contributed by atoms with Crippen molar-refractivity contribution in [2.45, 2.75) is 20.4 Å². The predicted octanol–water partition coefficient (Wildman–Crippen LogP) is 5.21. The van der Waals surface area contributed by atoms with Crippen molar-refractivity contribution >= 4 is 29.1 Å². The van der Waals surface area contributed by atoms with Crippen molar-refractivity contribution in [3.05, 3.63) is 76.9 Å². The quantitative estimate of drug-likeness (QED) is 0.661. The number of nitrogens with zero attached hydrogens (tertiary/aromatic N) is 3. The van der Waals surface area contributed by atoms with Gasteiger partial charge in [0.25, 0.3) is 0 Å². The van der Waals surface area contributed by atoms with Crippen molar-refractivity contribution in [3.63, 3.8) is 0 Å². The number of anilines is 3. The summed E-state index contributed by atoms with van der Waals surface area (Å²) in [5.41, 5.74) is 3.18. The zero-order valence-electron chi connectivity index (χ0n) is 14.4. The maximum atomic E-state index is 5.93. The summed E-state index contributed by atoms with van der Waals surface area (Å²) in [4.78, 5) is 11.4. The average molecular weight is 353 g/mol. The van der Waals surface area contributed by atoms with Crippen LogP contribution in [0.5, 0.6) is 0 Å². The normalized spacial score (nSPS) is 10.5. The van der Waals surface area contributed by atoms with Crippen LogP contribution in [0.4, 0.5) is 17.5 Å². The molecule has 1 aromatic heterocycles. The lowest BCUT2D eigenvalue weighted by Crippen LogP contribution is -2.18. The largest absolute Gasteiger partial charge is 0.350 e. The Morgan fingerprint density at radius 2 is 1.72 bits per heavy atom. The second-order valence-corrected chi connectivity index (χ2v) is 6.19. The Hall–Kier alpha value is -2.59. The number of aromatic nitrogens is 2. The first-order chi connectivity index (χ1) is 12.2. The maximum Gasteiger partial charge on any atom is 0.225 e. The highest BCUT2D eigenvalue weighted by atomic mass is 35.5. The van der Waals surface area contributed by atoms with Crippen LogP contribution in [-0.4, -0.2) is 16.5 Å². The highest BCUT2D eigenvalue weighted by Crippen LogP contribution is 2.24. The summed E-state index contributed by atoms with van der Waals surface area (Å²) in [5, 5.41) is 4.04. The molecule has 0 atom stereocenters. The molecule has 3 rings (SSSR count). The number of rotatable bonds is 6. The van der Waals surface area contributed by atoms with Crippen molar-refractivity contribution < 1.29 is 0 Å². The smallest absolute Gasteiger partial charge is 0.225 e. The summed E-state index contributed by atoms with van der Waals surface area (Å²) in [7, 11) is 0. The molecule has 0 saturated heterocycles. The molecule has 4 nitrogen and oxygen atoms in total. The molecule has 0 aliphatic heterocycles. The van der Waals surface area contributed by atoms with Gasteiger partial charge in [0.15, 0.2) is 0 Å². The van der Waals surface area contributed by atoms with Crippen LogP contribution in [-0.2, 0) is 6.54 Å². The van der Waals surface area contributed by atoms with E-state index in [2.05, 4.69) is 34.3 Å². The van der Waals surface area contributed by atoms with Crippen LogP contribution in [0.1, 0.15) is 18.2 Å². The van der Waals surface area contributed by atoms with Gasteiger partial charge in [0.2, 0.25) is 5.95 Å². The molecule has 128 valence electrons. The Balaban J connectivity index is 1.81. The third-order valence-corrected chi connectivity index (χ3v) is 4.12. The van der Waals surface area contributed by atoms with Crippen LogP contribution in [0.25, 0.3) is 0 Å². The molecular weight excluding hydrogens is 332 g/mol. The Labute approximate surface area is 153 Å². The number of halogens is 1. The Morgan fingerprint density at radius 1 is 1.00 bits per heavy atom. The van der Waals surface area contributed by atoms with Gasteiger partial charge in [0.05, 0.1) is 0 Å². The third kappa shape index (κ3) is 4.48. The van der Waals surface area contributed by atoms with Crippen LogP contribution < -0.4 is 10.2 Å². The number of aryl methyl sites for hydroxylation is 1. The van der Waals surface area contributed by atoms with Gasteiger partial charge in [-0.05, 0) is 43.7 Å². The standard InChI is InChI=1S/C20H21ClN4/c1-3-25(18-7-5-4-6-8-18)19-13-15(2)23-20(24-19)22-14-16-9-11-17(21)12-10-16/h4-13H,3,14H2,1-2H3,(H,22,23,24). The van der Waals surface area contributed by atoms with Crippen molar-refractivity contribution in [1.82, 2.24) is 9.97 Å². The molecule has 0 unspecified atom stereocenters. The summed E-state index contributed by atoms with van der Waals surface area (Å²) in [5.74, 6) is 1.51. The Kier molecular flexibility index (Phi) is 5.51. The van der Waals surface area contributed by atoms with E-state index >= 15 is 0 Å². The number of benzene rings is 2. The van der Waals surface area contributed by atoms with E-state index in [1.54, 1.807) is 0 Å². The molecule has 1 N–H and O–H groups in total. The van der Waals surface area contributed by atoms with Crippen molar-refractivity contribution in [1.29, 1.82) is 0 Å². The molecule has 3 aromatic rings. The minimum atomic E-state index is 0.624. The van der Waals surface area contributed by atoms with E-state index in [1.165, 1.54) is 0 Å². The van der Waals surface area contributed by atoms with Gasteiger partial charge >= 0.3 is 0 Å². The highest BCUT2D eigenvalue weighted by molar-refractivity contribution is 6.30. The molecule has 5 heteroatoms. The molecule has 0 aliphatic carbocycles. The highest BCUT2D eigenvalue weighted by Gasteiger charge is 2.11. The van der Waals surface area contributed by atoms with Crippen LogP contribution >= 0.6 is 11.6 Å². The fourth-order valence-corrected chi connectivity index (χ4v) is 2.76. The number of hydrogen-bond acceptors (Lipinski definition) is 4. The Morgan fingerprint density at radius 3 is 2.40 bits per heavy atom. The number of para-hydroxylation sites is 1. The first-order valence-electron chi connectivity index (χ1n) is 8.32. The molecule has 1 heterocycles. The van der Waals surface area contributed by atoms with Gasteiger partial charge in [0, 0.05) is 35.6 Å². The summed E-state index contributed by atoms with van der Waals surface area (Å²) in [6.45, 7) is 5.58. The van der Waals surface area contributed by atoms with E-state index in [0.29, 0.717) is 12.5 Å². The fraction of sp³-hybridized carbons (Fsp3) is 0.200. The van der Waals surface area contributed by atoms with E-state index in [1.807, 2.05) is 55.5 Å². The molecule has 0 spiro atoms. The van der Waals surface area contributed by atoms with Gasteiger partial charge < -0.3 is 10.2 Å². The SMILES string of the molecule is CCN(c1ccccc1)c1cc(C)nc(NCc2ccc(Cl)cc2)n1. The summed E-state index contributed by atoms with van der Waals surface area (Å²) in [6.07, 6.45) is 0. The molecular formula is C20H21ClN4. The van der Waals surface area contributed by atoms with Gasteiger partial charge in [0.1, 0.15) is 5.82 Å². The zero-order chi connectivity index (χ0) is 17.6. The minimum absolute atomic E-state index is 0.624. The fourth-order valence-electron chi connectivity index (χ4n) is 2.64. The molecule has 25 heavy (non-hydrogen) atoms. The number of hydrogen-bond donors (Lipinski definition) is 1. The van der Waals surface area contributed by atoms with Crippen molar-refractivity contribution in [2.24, 2.45) is 0 Å². The van der Waals surface area contributed by atoms with Crippen molar-refractivity contribution in [2.75, 3.05) is 16.8 Å². The minimum Gasteiger partial charge on any atom is -0.350 e. The molecule has 0 aliphatic rings. The summed E-state index contributed by atoms with van der Waals surface area (Å²) >= 11 is 5.93. The first-order valence-corrected chi connectivity index (χ1v) is 8.70. The van der Waals surface area contributed by atoms with Gasteiger partial charge in [-0.25, -0.2) is 4.98 Å². The summed E-state index contributed by atoms with van der Waals surface area (Å²) in [6, 6.07) is 20.0. The lowest BCUT2D eigenvalue weighted by molar-refractivity contribution is 0.955. The monoisotopic (exact) mass is 352 g/mol. The van der Waals surface area contributed by atoms with E-state index in [-0.39, 0.29) is 0 Å². The molecule has 0 fully saturated rings. The van der Waals surface area contributed by atoms with Gasteiger partial charge in [-0.15, -0.1) is 0 Å². The number of nitrogens with one attached hydrogen (secondary N) is 1. The first kappa shape index (κ1) is 17.2. The van der Waals surface area contributed by atoms with E-state index in [4.69, 9.17) is 16.6 Å². The molecule has 0 saturated carbocycles. The van der Waals surface area contributed by atoms with Gasteiger partial charge in [-0.2, -0.15) is 4.98 Å². The average Bonchev–Trinajstić information content (AvgIpc) is 2.62. The van der Waals surface area contributed by atoms with E-state index < -0.39 is 0 Å². The van der Waals surface area contributed by atoms with Crippen LogP contribution in [0.15, 0.2) is 60.7 Å². The third-order valence-electron chi connectivity index (χ3n) is 3.87. The lowest BCUT2D eigenvalue weighted by atomic mass is 10.2. The zero-order valence-corrected chi connectivity index (χ0v) is 15.2. The van der Waals surface area contributed by atoms with E-state index in [9.17, 15) is 0 Å². The molecule has 0 radical (unpaired) electrons. The molecule has 0 amide bonds. The second-order valence-electron chi connectivity index (χ2n) is 5.75. The van der Waals surface area contributed by atoms with Crippen LogP contribution in [0, 0.1) is 6.92 Å². The second kappa shape index (κ2) is 7.99. The molecule has 0 bridgehead atoms. The van der Waals surface area contributed by atoms with E-state index in [0.717, 1.165) is 34.3 Å². The molecule has 2 aromatic carbocycles. The topological polar surface area (TPSA) is 41.1 Å². The Bertz CT molecular complexity index is 819. The van der Waals surface area contributed by atoms with Gasteiger partial charge in [-0.1, -0.05) is 41.9 Å². The van der Waals surface area contributed by atoms with Gasteiger partial charge in [-0.3, -0.25) is 0 Å².